The summed E-state index contributed by atoms with van der Waals surface area (Å²) >= 11 is 0. The number of aliphatic carboxylic acids is 2. The Hall–Kier alpha value is -1.72. The topological polar surface area (TPSA) is 98.7 Å². The first-order valence-electron chi connectivity index (χ1n) is 5.52. The molecule has 2 heterocycles. The monoisotopic (exact) mass is 244 g/mol. The van der Waals surface area contributed by atoms with Gasteiger partial charge in [0.1, 0.15) is 0 Å². The van der Waals surface area contributed by atoms with Crippen molar-refractivity contribution in [3.05, 3.63) is 11.4 Å². The smallest absolute Gasteiger partial charge is 0.300 e. The molecule has 0 aliphatic carbocycles. The van der Waals surface area contributed by atoms with E-state index in [1.807, 2.05) is 0 Å². The predicted molar refractivity (Wildman–Crippen MR) is 63.5 cm³/mol. The van der Waals surface area contributed by atoms with Crippen molar-refractivity contribution in [1.29, 1.82) is 0 Å². The van der Waals surface area contributed by atoms with Gasteiger partial charge in [0.05, 0.1) is 0 Å². The lowest BCUT2D eigenvalue weighted by molar-refractivity contribution is -0.135. The van der Waals surface area contributed by atoms with Crippen LogP contribution in [0.2, 0.25) is 0 Å². The van der Waals surface area contributed by atoms with E-state index in [4.69, 9.17) is 19.8 Å². The zero-order valence-electron chi connectivity index (χ0n) is 10.2. The molecule has 0 radical (unpaired) electrons. The highest BCUT2D eigenvalue weighted by molar-refractivity contribution is 5.63. The Morgan fingerprint density at radius 3 is 1.82 bits per heavy atom. The number of allylic oxidation sites excluding steroid dienone is 1. The SMILES string of the molecule is C1CNC2=C(C1)NCC2.CC(=O)O.CC(=O)O. The van der Waals surface area contributed by atoms with Gasteiger partial charge >= 0.3 is 0 Å². The highest BCUT2D eigenvalue weighted by Crippen LogP contribution is 2.18. The fourth-order valence-electron chi connectivity index (χ4n) is 1.53. The Morgan fingerprint density at radius 2 is 1.35 bits per heavy atom. The lowest BCUT2D eigenvalue weighted by Crippen LogP contribution is -2.21. The minimum absolute atomic E-state index is 0.833. The van der Waals surface area contributed by atoms with Gasteiger partial charge in [-0.25, -0.2) is 0 Å². The lowest BCUT2D eigenvalue weighted by atomic mass is 10.1. The quantitative estimate of drug-likeness (QED) is 0.502. The van der Waals surface area contributed by atoms with E-state index in [2.05, 4.69) is 10.6 Å². The van der Waals surface area contributed by atoms with Crippen LogP contribution in [-0.4, -0.2) is 35.2 Å². The lowest BCUT2D eigenvalue weighted by Gasteiger charge is -2.15. The number of hydrogen-bond acceptors (Lipinski definition) is 4. The second-order valence-electron chi connectivity index (χ2n) is 3.70. The van der Waals surface area contributed by atoms with Crippen LogP contribution in [0.25, 0.3) is 0 Å². The van der Waals surface area contributed by atoms with Crippen LogP contribution in [0.15, 0.2) is 11.4 Å². The summed E-state index contributed by atoms with van der Waals surface area (Å²) < 4.78 is 0. The van der Waals surface area contributed by atoms with Gasteiger partial charge in [0.2, 0.25) is 0 Å². The molecule has 2 aliphatic heterocycles. The van der Waals surface area contributed by atoms with Crippen molar-refractivity contribution in [2.45, 2.75) is 33.1 Å². The highest BCUT2D eigenvalue weighted by atomic mass is 16.4. The Bertz CT molecular complexity index is 264. The summed E-state index contributed by atoms with van der Waals surface area (Å²) in [5.41, 5.74) is 2.95. The molecule has 0 aromatic heterocycles. The zero-order valence-corrected chi connectivity index (χ0v) is 10.2. The van der Waals surface area contributed by atoms with E-state index in [0.29, 0.717) is 0 Å². The van der Waals surface area contributed by atoms with Crippen molar-refractivity contribution >= 4 is 11.9 Å². The molecule has 4 N–H and O–H groups in total. The Morgan fingerprint density at radius 1 is 0.941 bits per heavy atom. The van der Waals surface area contributed by atoms with Crippen molar-refractivity contribution in [2.75, 3.05) is 13.1 Å². The fraction of sp³-hybridized carbons (Fsp3) is 0.636. The molecule has 6 heteroatoms. The summed E-state index contributed by atoms with van der Waals surface area (Å²) in [4.78, 5) is 18.0. The molecule has 0 unspecified atom stereocenters. The number of carbonyl (C=O) groups is 2. The summed E-state index contributed by atoms with van der Waals surface area (Å²) in [5.74, 6) is -1.67. The van der Waals surface area contributed by atoms with Crippen molar-refractivity contribution in [3.8, 4) is 0 Å². The van der Waals surface area contributed by atoms with E-state index in [-0.39, 0.29) is 0 Å². The van der Waals surface area contributed by atoms with E-state index >= 15 is 0 Å². The first kappa shape index (κ1) is 15.3. The molecule has 0 saturated heterocycles. The van der Waals surface area contributed by atoms with Gasteiger partial charge < -0.3 is 20.8 Å². The summed E-state index contributed by atoms with van der Waals surface area (Å²) in [6.07, 6.45) is 3.78. The molecule has 2 rings (SSSR count). The minimum Gasteiger partial charge on any atom is -0.481 e. The predicted octanol–water partition coefficient (Wildman–Crippen LogP) is 0.757. The molecule has 2 aliphatic rings. The number of rotatable bonds is 0. The summed E-state index contributed by atoms with van der Waals surface area (Å²) in [5, 5.41) is 21.6. The third kappa shape index (κ3) is 9.22. The first-order chi connectivity index (χ1) is 7.93. The molecular weight excluding hydrogens is 224 g/mol. The number of carboxylic acids is 2. The van der Waals surface area contributed by atoms with E-state index < -0.39 is 11.9 Å². The molecule has 6 nitrogen and oxygen atoms in total. The number of nitrogens with one attached hydrogen (secondary N) is 2. The molecular formula is C11H20N2O4. The minimum atomic E-state index is -0.833. The molecule has 0 aromatic rings. The summed E-state index contributed by atoms with van der Waals surface area (Å²) in [7, 11) is 0. The molecule has 0 aromatic carbocycles. The average molecular weight is 244 g/mol. The zero-order chi connectivity index (χ0) is 13.3. The van der Waals surface area contributed by atoms with Gasteiger partial charge in [0, 0.05) is 44.8 Å². The van der Waals surface area contributed by atoms with Crippen LogP contribution < -0.4 is 10.6 Å². The van der Waals surface area contributed by atoms with Crippen LogP contribution in [-0.2, 0) is 9.59 Å². The summed E-state index contributed by atoms with van der Waals surface area (Å²) in [6, 6.07) is 0. The van der Waals surface area contributed by atoms with Crippen molar-refractivity contribution < 1.29 is 19.8 Å². The third-order valence-electron chi connectivity index (χ3n) is 2.02. The molecule has 0 saturated carbocycles. The normalized spacial score (nSPS) is 16.1. The van der Waals surface area contributed by atoms with Crippen LogP contribution in [0.3, 0.4) is 0 Å². The van der Waals surface area contributed by atoms with Gasteiger partial charge in [-0.1, -0.05) is 0 Å². The molecule has 98 valence electrons. The molecule has 0 fully saturated rings. The Kier molecular flexibility index (Phi) is 7.58. The standard InChI is InChI=1S/C7H12N2.2C2H4O2/c1-2-6-7(8-4-1)3-5-9-6;2*1-2(3)4/h8-9H,1-5H2;2*1H3,(H,3,4). The van der Waals surface area contributed by atoms with Crippen molar-refractivity contribution in [1.82, 2.24) is 10.6 Å². The largest absolute Gasteiger partial charge is 0.481 e. The highest BCUT2D eigenvalue weighted by Gasteiger charge is 2.15. The van der Waals surface area contributed by atoms with Gasteiger partial charge in [-0.15, -0.1) is 0 Å². The molecule has 0 amide bonds. The van der Waals surface area contributed by atoms with Gasteiger partial charge in [-0.05, 0) is 12.8 Å². The van der Waals surface area contributed by atoms with E-state index in [1.54, 1.807) is 0 Å². The van der Waals surface area contributed by atoms with E-state index in [9.17, 15) is 0 Å². The van der Waals surface area contributed by atoms with Crippen LogP contribution in [0, 0.1) is 0 Å². The maximum Gasteiger partial charge on any atom is 0.300 e. The molecule has 0 atom stereocenters. The van der Waals surface area contributed by atoms with Gasteiger partial charge in [0.25, 0.3) is 11.9 Å². The number of hydrogen-bond donors (Lipinski definition) is 4. The van der Waals surface area contributed by atoms with Crippen LogP contribution in [0.1, 0.15) is 33.1 Å². The van der Waals surface area contributed by atoms with E-state index in [0.717, 1.165) is 20.4 Å². The Balaban J connectivity index is 0.000000274. The third-order valence-corrected chi connectivity index (χ3v) is 2.02. The number of carboxylic acid groups (broad SMARTS) is 2. The molecule has 17 heavy (non-hydrogen) atoms. The van der Waals surface area contributed by atoms with Crippen LogP contribution in [0.4, 0.5) is 0 Å². The fourth-order valence-corrected chi connectivity index (χ4v) is 1.53. The van der Waals surface area contributed by atoms with Crippen molar-refractivity contribution in [3.63, 3.8) is 0 Å². The second kappa shape index (κ2) is 8.43. The second-order valence-corrected chi connectivity index (χ2v) is 3.70. The van der Waals surface area contributed by atoms with Crippen LogP contribution in [0.5, 0.6) is 0 Å². The first-order valence-corrected chi connectivity index (χ1v) is 5.52. The Labute approximate surface area is 101 Å². The molecule has 0 bridgehead atoms. The van der Waals surface area contributed by atoms with Gasteiger partial charge in [-0.2, -0.15) is 0 Å². The maximum absolute atomic E-state index is 9.00. The van der Waals surface area contributed by atoms with Gasteiger partial charge in [0.15, 0.2) is 0 Å². The van der Waals surface area contributed by atoms with Crippen LogP contribution >= 0.6 is 0 Å². The molecule has 0 spiro atoms. The average Bonchev–Trinajstić information content (AvgIpc) is 2.62. The maximum atomic E-state index is 9.00. The van der Waals surface area contributed by atoms with Crippen molar-refractivity contribution in [2.24, 2.45) is 0 Å². The summed E-state index contributed by atoms with van der Waals surface area (Å²) in [6.45, 7) is 4.50. The van der Waals surface area contributed by atoms with E-state index in [1.165, 1.54) is 37.2 Å². The van der Waals surface area contributed by atoms with Gasteiger partial charge in [-0.3, -0.25) is 9.59 Å².